The van der Waals surface area contributed by atoms with Gasteiger partial charge in [-0.05, 0) is 44.6 Å². The van der Waals surface area contributed by atoms with E-state index >= 15 is 0 Å². The first-order chi connectivity index (χ1) is 10.6. The number of rotatable bonds is 4. The predicted molar refractivity (Wildman–Crippen MR) is 85.3 cm³/mol. The van der Waals surface area contributed by atoms with E-state index in [1.165, 1.54) is 45.6 Å². The van der Waals surface area contributed by atoms with Gasteiger partial charge in [-0.3, -0.25) is 14.5 Å². The average molecular weight is 307 g/mol. The van der Waals surface area contributed by atoms with Crippen molar-refractivity contribution in [2.45, 2.75) is 76.4 Å². The molecule has 2 saturated heterocycles. The van der Waals surface area contributed by atoms with Gasteiger partial charge in [-0.2, -0.15) is 0 Å². The zero-order valence-electron chi connectivity index (χ0n) is 13.6. The Morgan fingerprint density at radius 3 is 2.45 bits per heavy atom. The van der Waals surface area contributed by atoms with Crippen LogP contribution < -0.4 is 10.6 Å². The second-order valence-corrected chi connectivity index (χ2v) is 7.23. The highest BCUT2D eigenvalue weighted by atomic mass is 16.2. The van der Waals surface area contributed by atoms with E-state index in [0.29, 0.717) is 12.0 Å². The van der Waals surface area contributed by atoms with Gasteiger partial charge >= 0.3 is 0 Å². The monoisotopic (exact) mass is 307 g/mol. The van der Waals surface area contributed by atoms with Crippen molar-refractivity contribution in [3.8, 4) is 0 Å². The number of hydrogen-bond acceptors (Lipinski definition) is 3. The van der Waals surface area contributed by atoms with Crippen LogP contribution in [0.4, 0.5) is 0 Å². The molecule has 5 heteroatoms. The Balaban J connectivity index is 1.61. The Morgan fingerprint density at radius 2 is 1.73 bits per heavy atom. The van der Waals surface area contributed by atoms with Crippen molar-refractivity contribution in [2.24, 2.45) is 5.92 Å². The van der Waals surface area contributed by atoms with E-state index in [-0.39, 0.29) is 23.9 Å². The number of nitrogens with one attached hydrogen (secondary N) is 2. The van der Waals surface area contributed by atoms with E-state index in [2.05, 4.69) is 15.5 Å². The molecular formula is C17H29N3O2. The van der Waals surface area contributed by atoms with Gasteiger partial charge in [0.15, 0.2) is 0 Å². The van der Waals surface area contributed by atoms with E-state index in [0.717, 1.165) is 25.8 Å². The third kappa shape index (κ3) is 3.45. The summed E-state index contributed by atoms with van der Waals surface area (Å²) in [4.78, 5) is 26.8. The molecule has 2 N–H and O–H groups in total. The maximum Gasteiger partial charge on any atom is 0.243 e. The molecule has 124 valence electrons. The van der Waals surface area contributed by atoms with Crippen LogP contribution in [0.15, 0.2) is 0 Å². The Kier molecular flexibility index (Phi) is 5.01. The Hall–Kier alpha value is -1.10. The van der Waals surface area contributed by atoms with Crippen molar-refractivity contribution in [1.29, 1.82) is 0 Å². The SMILES string of the molecule is CC(=O)NC(C(=O)NC1CCN2CCCCC12)C1CCCC1. The van der Waals surface area contributed by atoms with Crippen molar-refractivity contribution in [3.05, 3.63) is 0 Å². The van der Waals surface area contributed by atoms with E-state index in [4.69, 9.17) is 0 Å². The fourth-order valence-corrected chi connectivity index (χ4v) is 4.60. The highest BCUT2D eigenvalue weighted by molar-refractivity contribution is 5.87. The maximum atomic E-state index is 12.8. The van der Waals surface area contributed by atoms with Crippen LogP contribution in [0, 0.1) is 5.92 Å². The number of amides is 2. The predicted octanol–water partition coefficient (Wildman–Crippen LogP) is 1.42. The number of fused-ring (bicyclic) bond motifs is 1. The van der Waals surface area contributed by atoms with Crippen LogP contribution in [0.25, 0.3) is 0 Å². The summed E-state index contributed by atoms with van der Waals surface area (Å²) >= 11 is 0. The number of nitrogens with zero attached hydrogens (tertiary/aromatic N) is 1. The van der Waals surface area contributed by atoms with Crippen LogP contribution in [0.2, 0.25) is 0 Å². The zero-order valence-corrected chi connectivity index (χ0v) is 13.6. The Labute approximate surface area is 133 Å². The van der Waals surface area contributed by atoms with Crippen molar-refractivity contribution >= 4 is 11.8 Å². The highest BCUT2D eigenvalue weighted by Gasteiger charge is 2.38. The summed E-state index contributed by atoms with van der Waals surface area (Å²) in [7, 11) is 0. The lowest BCUT2D eigenvalue weighted by molar-refractivity contribution is -0.130. The van der Waals surface area contributed by atoms with Gasteiger partial charge in [-0.15, -0.1) is 0 Å². The van der Waals surface area contributed by atoms with E-state index < -0.39 is 0 Å². The molecule has 0 spiro atoms. The number of piperidine rings is 1. The molecule has 3 unspecified atom stereocenters. The molecule has 1 aliphatic carbocycles. The quantitative estimate of drug-likeness (QED) is 0.826. The van der Waals surface area contributed by atoms with Gasteiger partial charge in [0, 0.05) is 25.6 Å². The molecule has 0 bridgehead atoms. The first-order valence-corrected chi connectivity index (χ1v) is 8.96. The van der Waals surface area contributed by atoms with Gasteiger partial charge in [-0.1, -0.05) is 19.3 Å². The summed E-state index contributed by atoms with van der Waals surface area (Å²) in [5, 5.41) is 6.17. The molecule has 5 nitrogen and oxygen atoms in total. The molecule has 0 aromatic rings. The van der Waals surface area contributed by atoms with Gasteiger partial charge in [0.25, 0.3) is 0 Å². The Morgan fingerprint density at radius 1 is 1.00 bits per heavy atom. The largest absolute Gasteiger partial charge is 0.350 e. The van der Waals surface area contributed by atoms with Crippen LogP contribution in [-0.2, 0) is 9.59 Å². The second-order valence-electron chi connectivity index (χ2n) is 7.23. The summed E-state index contributed by atoms with van der Waals surface area (Å²) < 4.78 is 0. The fourth-order valence-electron chi connectivity index (χ4n) is 4.60. The lowest BCUT2D eigenvalue weighted by Gasteiger charge is -2.33. The van der Waals surface area contributed by atoms with Crippen molar-refractivity contribution in [1.82, 2.24) is 15.5 Å². The van der Waals surface area contributed by atoms with Crippen LogP contribution in [0.3, 0.4) is 0 Å². The van der Waals surface area contributed by atoms with E-state index in [9.17, 15) is 9.59 Å². The zero-order chi connectivity index (χ0) is 15.5. The molecular weight excluding hydrogens is 278 g/mol. The molecule has 2 aliphatic heterocycles. The summed E-state index contributed by atoms with van der Waals surface area (Å²) in [6.07, 6.45) is 9.25. The molecule has 2 amide bonds. The number of hydrogen-bond donors (Lipinski definition) is 2. The van der Waals surface area contributed by atoms with Crippen LogP contribution in [-0.4, -0.2) is 47.9 Å². The maximum absolute atomic E-state index is 12.8. The van der Waals surface area contributed by atoms with Crippen LogP contribution in [0.5, 0.6) is 0 Å². The second kappa shape index (κ2) is 6.99. The minimum Gasteiger partial charge on any atom is -0.350 e. The normalized spacial score (nSPS) is 30.8. The third-order valence-corrected chi connectivity index (χ3v) is 5.70. The molecule has 2 heterocycles. The molecule has 3 atom stereocenters. The lowest BCUT2D eigenvalue weighted by atomic mass is 9.95. The summed E-state index contributed by atoms with van der Waals surface area (Å²) in [5.41, 5.74) is 0. The molecule has 3 rings (SSSR count). The first kappa shape index (κ1) is 15.8. The van der Waals surface area contributed by atoms with Crippen molar-refractivity contribution in [2.75, 3.05) is 13.1 Å². The third-order valence-electron chi connectivity index (χ3n) is 5.70. The fraction of sp³-hybridized carbons (Fsp3) is 0.882. The standard InChI is InChI=1S/C17H29N3O2/c1-12(21)18-16(13-6-2-3-7-13)17(22)19-14-9-11-20-10-5-4-8-15(14)20/h13-16H,2-11H2,1H3,(H,18,21)(H,19,22). The summed E-state index contributed by atoms with van der Waals surface area (Å²) in [5.74, 6) is 0.255. The smallest absolute Gasteiger partial charge is 0.243 e. The summed E-state index contributed by atoms with van der Waals surface area (Å²) in [6, 6.07) is 0.447. The van der Waals surface area contributed by atoms with Gasteiger partial charge in [0.05, 0.1) is 0 Å². The average Bonchev–Trinajstić information content (AvgIpc) is 3.15. The molecule has 0 radical (unpaired) electrons. The molecule has 3 aliphatic rings. The van der Waals surface area contributed by atoms with E-state index in [1.54, 1.807) is 0 Å². The molecule has 1 saturated carbocycles. The van der Waals surface area contributed by atoms with Crippen molar-refractivity contribution < 1.29 is 9.59 Å². The molecule has 3 fully saturated rings. The summed E-state index contributed by atoms with van der Waals surface area (Å²) in [6.45, 7) is 3.78. The van der Waals surface area contributed by atoms with Gasteiger partial charge in [-0.25, -0.2) is 0 Å². The highest BCUT2D eigenvalue weighted by Crippen LogP contribution is 2.30. The minimum atomic E-state index is -0.336. The topological polar surface area (TPSA) is 61.4 Å². The number of carbonyl (C=O) groups excluding carboxylic acids is 2. The van der Waals surface area contributed by atoms with Gasteiger partial charge < -0.3 is 10.6 Å². The first-order valence-electron chi connectivity index (χ1n) is 8.96. The van der Waals surface area contributed by atoms with Crippen LogP contribution >= 0.6 is 0 Å². The van der Waals surface area contributed by atoms with Crippen molar-refractivity contribution in [3.63, 3.8) is 0 Å². The van der Waals surface area contributed by atoms with E-state index in [1.807, 2.05) is 0 Å². The minimum absolute atomic E-state index is 0.0412. The van der Waals surface area contributed by atoms with Crippen LogP contribution in [0.1, 0.15) is 58.3 Å². The molecule has 0 aromatic heterocycles. The van der Waals surface area contributed by atoms with Gasteiger partial charge in [0.1, 0.15) is 6.04 Å². The Bertz CT molecular complexity index is 420. The lowest BCUT2D eigenvalue weighted by Crippen LogP contribution is -2.55. The molecule has 0 aromatic carbocycles. The number of carbonyl (C=O) groups is 2. The molecule has 22 heavy (non-hydrogen) atoms. The van der Waals surface area contributed by atoms with Gasteiger partial charge in [0.2, 0.25) is 11.8 Å².